The molecule has 2 aromatic rings. The predicted molar refractivity (Wildman–Crippen MR) is 81.3 cm³/mol. The van der Waals surface area contributed by atoms with Gasteiger partial charge in [0.15, 0.2) is 0 Å². The minimum atomic E-state index is -0.344. The summed E-state index contributed by atoms with van der Waals surface area (Å²) in [6.45, 7) is 2.48. The Hall–Kier alpha value is -2.07. The van der Waals surface area contributed by atoms with Gasteiger partial charge in [0.05, 0.1) is 4.92 Å². The average molecular weight is 291 g/mol. The van der Waals surface area contributed by atoms with Crippen molar-refractivity contribution in [3.63, 3.8) is 0 Å². The Kier molecular flexibility index (Phi) is 4.58. The van der Waals surface area contributed by atoms with Crippen molar-refractivity contribution in [2.24, 2.45) is 0 Å². The summed E-state index contributed by atoms with van der Waals surface area (Å²) in [5.74, 6) is 0. The predicted octanol–water partition coefficient (Wildman–Crippen LogP) is 4.42. The smallest absolute Gasteiger partial charge is 0.274 e. The van der Waals surface area contributed by atoms with E-state index in [1.165, 1.54) is 0 Å². The fraction of sp³-hybridized carbons (Fsp3) is 0.200. The van der Waals surface area contributed by atoms with Crippen LogP contribution in [0.2, 0.25) is 5.02 Å². The number of nitrogens with one attached hydrogen (secondary N) is 1. The largest absolute Gasteiger partial charge is 0.381 e. The van der Waals surface area contributed by atoms with E-state index in [1.807, 2.05) is 37.3 Å². The minimum absolute atomic E-state index is 0.156. The molecule has 2 rings (SSSR count). The van der Waals surface area contributed by atoms with E-state index in [4.69, 9.17) is 11.6 Å². The van der Waals surface area contributed by atoms with Crippen molar-refractivity contribution in [1.82, 2.24) is 0 Å². The number of nitrogens with zero attached hydrogens (tertiary/aromatic N) is 1. The first-order valence-electron chi connectivity index (χ1n) is 6.35. The maximum atomic E-state index is 11.0. The lowest BCUT2D eigenvalue weighted by Crippen LogP contribution is -2.01. The third kappa shape index (κ3) is 3.48. The van der Waals surface area contributed by atoms with Gasteiger partial charge in [-0.1, -0.05) is 36.7 Å². The molecule has 0 fully saturated rings. The summed E-state index contributed by atoms with van der Waals surface area (Å²) in [6, 6.07) is 12.7. The Morgan fingerprint density at radius 3 is 2.70 bits per heavy atom. The van der Waals surface area contributed by atoms with E-state index in [1.54, 1.807) is 12.1 Å². The molecule has 0 spiro atoms. The molecule has 0 aliphatic rings. The molecule has 0 radical (unpaired) electrons. The summed E-state index contributed by atoms with van der Waals surface area (Å²) in [7, 11) is 0. The zero-order valence-electron chi connectivity index (χ0n) is 11.1. The van der Waals surface area contributed by atoms with Crippen LogP contribution in [0.3, 0.4) is 0 Å². The van der Waals surface area contributed by atoms with E-state index in [9.17, 15) is 10.1 Å². The van der Waals surface area contributed by atoms with Gasteiger partial charge in [0.1, 0.15) is 0 Å². The number of hydrogen-bond donors (Lipinski definition) is 1. The molecule has 0 unspecified atom stereocenters. The Morgan fingerprint density at radius 2 is 2.05 bits per heavy atom. The first-order chi connectivity index (χ1) is 9.60. The van der Waals surface area contributed by atoms with Crippen LogP contribution in [0.25, 0.3) is 0 Å². The molecule has 1 N–H and O–H groups in total. The molecular formula is C15H15ClN2O2. The molecule has 0 aliphatic heterocycles. The van der Waals surface area contributed by atoms with E-state index in [-0.39, 0.29) is 10.6 Å². The van der Waals surface area contributed by atoms with Crippen molar-refractivity contribution in [2.75, 3.05) is 5.32 Å². The van der Waals surface area contributed by atoms with E-state index in [2.05, 4.69) is 5.32 Å². The van der Waals surface area contributed by atoms with E-state index in [0.29, 0.717) is 18.0 Å². The number of nitro benzene ring substituents is 1. The van der Waals surface area contributed by atoms with E-state index >= 15 is 0 Å². The SMILES string of the molecule is CCc1ccc(NCc2cccc(Cl)c2)cc1[N+](=O)[O-]. The quantitative estimate of drug-likeness (QED) is 0.655. The molecule has 0 amide bonds. The monoisotopic (exact) mass is 290 g/mol. The van der Waals surface area contributed by atoms with Gasteiger partial charge < -0.3 is 5.32 Å². The molecule has 0 atom stereocenters. The van der Waals surface area contributed by atoms with Gasteiger partial charge in [-0.15, -0.1) is 0 Å². The molecule has 20 heavy (non-hydrogen) atoms. The summed E-state index contributed by atoms with van der Waals surface area (Å²) in [4.78, 5) is 10.7. The molecule has 5 heteroatoms. The minimum Gasteiger partial charge on any atom is -0.381 e. The molecule has 0 bridgehead atoms. The third-order valence-corrected chi connectivity index (χ3v) is 3.28. The summed E-state index contributed by atoms with van der Waals surface area (Å²) >= 11 is 5.92. The Balaban J connectivity index is 2.14. The maximum absolute atomic E-state index is 11.0. The standard InChI is InChI=1S/C15H15ClN2O2/c1-2-12-6-7-14(9-15(12)18(19)20)17-10-11-4-3-5-13(16)8-11/h3-9,17H,2,10H2,1H3. The molecule has 4 nitrogen and oxygen atoms in total. The third-order valence-electron chi connectivity index (χ3n) is 3.05. The second-order valence-corrected chi connectivity index (χ2v) is 4.87. The van der Waals surface area contributed by atoms with Crippen LogP contribution in [0.15, 0.2) is 42.5 Å². The van der Waals surface area contributed by atoms with Crippen molar-refractivity contribution in [1.29, 1.82) is 0 Å². The van der Waals surface area contributed by atoms with Crippen LogP contribution in [0.1, 0.15) is 18.1 Å². The second-order valence-electron chi connectivity index (χ2n) is 4.44. The van der Waals surface area contributed by atoms with Gasteiger partial charge >= 0.3 is 0 Å². The number of anilines is 1. The number of halogens is 1. The Labute approximate surface area is 122 Å². The lowest BCUT2D eigenvalue weighted by atomic mass is 10.1. The molecule has 2 aromatic carbocycles. The second kappa shape index (κ2) is 6.39. The molecule has 0 saturated heterocycles. The maximum Gasteiger partial charge on any atom is 0.274 e. The van der Waals surface area contributed by atoms with E-state index in [0.717, 1.165) is 16.8 Å². The van der Waals surface area contributed by atoms with Gasteiger partial charge in [-0.05, 0) is 30.2 Å². The van der Waals surface area contributed by atoms with Crippen LogP contribution < -0.4 is 5.32 Å². The summed E-state index contributed by atoms with van der Waals surface area (Å²) in [6.07, 6.45) is 0.644. The number of rotatable bonds is 5. The highest BCUT2D eigenvalue weighted by Crippen LogP contribution is 2.24. The Bertz CT molecular complexity index is 629. The number of aryl methyl sites for hydroxylation is 1. The normalized spacial score (nSPS) is 10.3. The van der Waals surface area contributed by atoms with Crippen molar-refractivity contribution in [3.05, 3.63) is 68.7 Å². The van der Waals surface area contributed by atoms with Crippen molar-refractivity contribution >= 4 is 23.0 Å². The van der Waals surface area contributed by atoms with Crippen molar-refractivity contribution in [3.8, 4) is 0 Å². The highest BCUT2D eigenvalue weighted by molar-refractivity contribution is 6.30. The van der Waals surface area contributed by atoms with Crippen molar-refractivity contribution < 1.29 is 4.92 Å². The van der Waals surface area contributed by atoms with E-state index < -0.39 is 0 Å². The zero-order chi connectivity index (χ0) is 14.5. The number of hydrogen-bond acceptors (Lipinski definition) is 3. The number of nitro groups is 1. The van der Waals surface area contributed by atoms with Crippen LogP contribution in [0.5, 0.6) is 0 Å². The highest BCUT2D eigenvalue weighted by Gasteiger charge is 2.12. The molecule has 0 heterocycles. The zero-order valence-corrected chi connectivity index (χ0v) is 11.9. The summed E-state index contributed by atoms with van der Waals surface area (Å²) in [5.41, 5.74) is 2.65. The van der Waals surface area contributed by atoms with Gasteiger partial charge in [0, 0.05) is 28.9 Å². The van der Waals surface area contributed by atoms with Crippen LogP contribution in [0.4, 0.5) is 11.4 Å². The summed E-state index contributed by atoms with van der Waals surface area (Å²) in [5, 5.41) is 14.9. The van der Waals surface area contributed by atoms with Crippen LogP contribution in [-0.2, 0) is 13.0 Å². The van der Waals surface area contributed by atoms with Crippen LogP contribution in [-0.4, -0.2) is 4.92 Å². The van der Waals surface area contributed by atoms with Gasteiger partial charge in [-0.3, -0.25) is 10.1 Å². The average Bonchev–Trinajstić information content (AvgIpc) is 2.45. The first-order valence-corrected chi connectivity index (χ1v) is 6.73. The summed E-state index contributed by atoms with van der Waals surface area (Å²) < 4.78 is 0. The van der Waals surface area contributed by atoms with Gasteiger partial charge in [0.2, 0.25) is 0 Å². The number of benzene rings is 2. The highest BCUT2D eigenvalue weighted by atomic mass is 35.5. The topological polar surface area (TPSA) is 55.2 Å². The van der Waals surface area contributed by atoms with Gasteiger partial charge in [-0.25, -0.2) is 0 Å². The lowest BCUT2D eigenvalue weighted by molar-refractivity contribution is -0.385. The Morgan fingerprint density at radius 1 is 1.25 bits per heavy atom. The molecule has 0 aromatic heterocycles. The fourth-order valence-corrected chi connectivity index (χ4v) is 2.21. The fourth-order valence-electron chi connectivity index (χ4n) is 1.99. The van der Waals surface area contributed by atoms with Gasteiger partial charge in [-0.2, -0.15) is 0 Å². The molecule has 0 saturated carbocycles. The molecule has 0 aliphatic carbocycles. The first kappa shape index (κ1) is 14.3. The molecular weight excluding hydrogens is 276 g/mol. The van der Waals surface area contributed by atoms with Crippen LogP contribution >= 0.6 is 11.6 Å². The lowest BCUT2D eigenvalue weighted by Gasteiger charge is -2.08. The van der Waals surface area contributed by atoms with Crippen LogP contribution in [0, 0.1) is 10.1 Å². The molecule has 104 valence electrons. The van der Waals surface area contributed by atoms with Gasteiger partial charge in [0.25, 0.3) is 5.69 Å². The van der Waals surface area contributed by atoms with Crippen molar-refractivity contribution in [2.45, 2.75) is 19.9 Å².